The second-order valence-corrected chi connectivity index (χ2v) is 4.79. The lowest BCUT2D eigenvalue weighted by molar-refractivity contribution is -0.140. The zero-order chi connectivity index (χ0) is 9.84. The van der Waals surface area contributed by atoms with E-state index >= 15 is 0 Å². The SMILES string of the molecule is O=C(O)C(C(=O)O)=C1SCCCS1. The largest absolute Gasteiger partial charge is 0.477 e. The van der Waals surface area contributed by atoms with Crippen LogP contribution in [0.25, 0.3) is 0 Å². The van der Waals surface area contributed by atoms with E-state index in [4.69, 9.17) is 10.2 Å². The van der Waals surface area contributed by atoms with Crippen LogP contribution in [-0.2, 0) is 9.59 Å². The summed E-state index contributed by atoms with van der Waals surface area (Å²) in [6.45, 7) is 0. The summed E-state index contributed by atoms with van der Waals surface area (Å²) in [5, 5.41) is 17.3. The molecule has 1 aliphatic rings. The highest BCUT2D eigenvalue weighted by Crippen LogP contribution is 2.37. The van der Waals surface area contributed by atoms with Gasteiger partial charge in [0.15, 0.2) is 5.57 Å². The standard InChI is InChI=1S/C7H8O4S2/c8-5(9)4(6(10)11)7-12-2-1-3-13-7/h1-3H2,(H,8,9)(H,10,11). The van der Waals surface area contributed by atoms with Crippen molar-refractivity contribution in [1.82, 2.24) is 0 Å². The predicted octanol–water partition coefficient (Wildman–Crippen LogP) is 1.24. The summed E-state index contributed by atoms with van der Waals surface area (Å²) in [5.41, 5.74) is -0.491. The summed E-state index contributed by atoms with van der Waals surface area (Å²) >= 11 is 2.62. The number of thioether (sulfide) groups is 2. The van der Waals surface area contributed by atoms with E-state index in [1.54, 1.807) is 0 Å². The average molecular weight is 220 g/mol. The van der Waals surface area contributed by atoms with Crippen LogP contribution in [0.15, 0.2) is 9.81 Å². The third-order valence-electron chi connectivity index (χ3n) is 1.39. The fourth-order valence-corrected chi connectivity index (χ4v) is 3.44. The third-order valence-corrected chi connectivity index (χ3v) is 4.01. The Morgan fingerprint density at radius 2 is 1.54 bits per heavy atom. The van der Waals surface area contributed by atoms with Gasteiger partial charge >= 0.3 is 11.9 Å². The maximum absolute atomic E-state index is 10.6. The number of rotatable bonds is 2. The molecule has 1 saturated heterocycles. The zero-order valence-electron chi connectivity index (χ0n) is 6.65. The van der Waals surface area contributed by atoms with Gasteiger partial charge in [0.05, 0.1) is 4.24 Å². The molecule has 2 N–H and O–H groups in total. The lowest BCUT2D eigenvalue weighted by Crippen LogP contribution is -2.14. The van der Waals surface area contributed by atoms with Gasteiger partial charge in [-0.1, -0.05) is 0 Å². The van der Waals surface area contributed by atoms with Crippen LogP contribution in [-0.4, -0.2) is 33.7 Å². The first-order chi connectivity index (χ1) is 6.13. The van der Waals surface area contributed by atoms with Crippen LogP contribution in [0.5, 0.6) is 0 Å². The van der Waals surface area contributed by atoms with E-state index in [2.05, 4.69) is 0 Å². The van der Waals surface area contributed by atoms with Gasteiger partial charge < -0.3 is 10.2 Å². The molecule has 0 radical (unpaired) electrons. The van der Waals surface area contributed by atoms with Crippen LogP contribution in [0.4, 0.5) is 0 Å². The molecule has 1 heterocycles. The number of carboxylic acid groups (broad SMARTS) is 2. The van der Waals surface area contributed by atoms with E-state index in [1.807, 2.05) is 0 Å². The molecule has 0 aromatic rings. The Balaban J connectivity index is 2.93. The molecule has 1 aliphatic heterocycles. The number of carboxylic acids is 2. The summed E-state index contributed by atoms with van der Waals surface area (Å²) in [7, 11) is 0. The molecule has 0 bridgehead atoms. The van der Waals surface area contributed by atoms with Gasteiger partial charge in [-0.3, -0.25) is 0 Å². The van der Waals surface area contributed by atoms with Crippen molar-refractivity contribution in [1.29, 1.82) is 0 Å². The number of carbonyl (C=O) groups is 2. The highest BCUT2D eigenvalue weighted by Gasteiger charge is 2.24. The second-order valence-electron chi connectivity index (χ2n) is 2.32. The first kappa shape index (κ1) is 10.5. The molecule has 1 rings (SSSR count). The summed E-state index contributed by atoms with van der Waals surface area (Å²) in [5.74, 6) is -1.12. The Kier molecular flexibility index (Phi) is 3.68. The molecule has 4 nitrogen and oxygen atoms in total. The molecule has 0 aromatic heterocycles. The van der Waals surface area contributed by atoms with Crippen LogP contribution >= 0.6 is 23.5 Å². The zero-order valence-corrected chi connectivity index (χ0v) is 8.28. The van der Waals surface area contributed by atoms with E-state index < -0.39 is 17.5 Å². The topological polar surface area (TPSA) is 74.6 Å². The normalized spacial score (nSPS) is 16.8. The number of aliphatic carboxylic acids is 2. The van der Waals surface area contributed by atoms with Gasteiger partial charge in [-0.25, -0.2) is 9.59 Å². The minimum atomic E-state index is -1.36. The minimum absolute atomic E-state index is 0.422. The van der Waals surface area contributed by atoms with Gasteiger partial charge in [0.1, 0.15) is 0 Å². The maximum Gasteiger partial charge on any atom is 0.344 e. The van der Waals surface area contributed by atoms with Crippen molar-refractivity contribution in [2.24, 2.45) is 0 Å². The molecule has 0 spiro atoms. The smallest absolute Gasteiger partial charge is 0.344 e. The Morgan fingerprint density at radius 3 is 1.92 bits per heavy atom. The third kappa shape index (κ3) is 2.67. The van der Waals surface area contributed by atoms with E-state index in [9.17, 15) is 9.59 Å². The lowest BCUT2D eigenvalue weighted by atomic mass is 10.3. The Hall–Kier alpha value is -0.620. The van der Waals surface area contributed by atoms with Gasteiger partial charge in [0.25, 0.3) is 0 Å². The number of hydrogen-bond acceptors (Lipinski definition) is 4. The van der Waals surface area contributed by atoms with Gasteiger partial charge in [-0.15, -0.1) is 23.5 Å². The monoisotopic (exact) mass is 220 g/mol. The van der Waals surface area contributed by atoms with E-state index in [0.29, 0.717) is 4.24 Å². The molecule has 0 atom stereocenters. The molecule has 13 heavy (non-hydrogen) atoms. The molecule has 0 aromatic carbocycles. The molecule has 0 amide bonds. The molecule has 0 unspecified atom stereocenters. The molecule has 0 saturated carbocycles. The van der Waals surface area contributed by atoms with E-state index in [-0.39, 0.29) is 0 Å². The molecule has 6 heteroatoms. The first-order valence-corrected chi connectivity index (χ1v) is 5.56. The Labute approximate surface area is 83.4 Å². The second kappa shape index (κ2) is 4.57. The van der Waals surface area contributed by atoms with Gasteiger partial charge in [-0.2, -0.15) is 0 Å². The van der Waals surface area contributed by atoms with Crippen molar-refractivity contribution in [2.75, 3.05) is 11.5 Å². The van der Waals surface area contributed by atoms with Crippen LogP contribution in [0.1, 0.15) is 6.42 Å². The molecule has 1 fully saturated rings. The molecule has 72 valence electrons. The summed E-state index contributed by atoms with van der Waals surface area (Å²) in [6.07, 6.45) is 0.991. The van der Waals surface area contributed by atoms with Crippen LogP contribution < -0.4 is 0 Å². The van der Waals surface area contributed by atoms with Crippen molar-refractivity contribution in [2.45, 2.75) is 6.42 Å². The maximum atomic E-state index is 10.6. The predicted molar refractivity (Wildman–Crippen MR) is 51.8 cm³/mol. The first-order valence-electron chi connectivity index (χ1n) is 3.59. The fraction of sp³-hybridized carbons (Fsp3) is 0.429. The Bertz CT molecular complexity index is 248. The van der Waals surface area contributed by atoms with Gasteiger partial charge in [0, 0.05) is 0 Å². The van der Waals surface area contributed by atoms with Crippen molar-refractivity contribution in [3.63, 3.8) is 0 Å². The number of hydrogen-bond donors (Lipinski definition) is 2. The highest BCUT2D eigenvalue weighted by molar-refractivity contribution is 8.22. The summed E-state index contributed by atoms with van der Waals surface area (Å²) < 4.78 is 0.422. The molecular formula is C7H8O4S2. The fourth-order valence-electron chi connectivity index (χ4n) is 0.841. The summed E-state index contributed by atoms with van der Waals surface area (Å²) in [6, 6.07) is 0. The minimum Gasteiger partial charge on any atom is -0.477 e. The molecule has 0 aliphatic carbocycles. The van der Waals surface area contributed by atoms with Crippen LogP contribution in [0.2, 0.25) is 0 Å². The Morgan fingerprint density at radius 1 is 1.08 bits per heavy atom. The van der Waals surface area contributed by atoms with Crippen LogP contribution in [0, 0.1) is 0 Å². The van der Waals surface area contributed by atoms with Gasteiger partial charge in [0.2, 0.25) is 0 Å². The van der Waals surface area contributed by atoms with Crippen molar-refractivity contribution in [3.8, 4) is 0 Å². The average Bonchev–Trinajstić information content (AvgIpc) is 2.04. The van der Waals surface area contributed by atoms with Crippen molar-refractivity contribution in [3.05, 3.63) is 9.81 Å². The van der Waals surface area contributed by atoms with Crippen LogP contribution in [0.3, 0.4) is 0 Å². The summed E-state index contributed by atoms with van der Waals surface area (Å²) in [4.78, 5) is 21.1. The quantitative estimate of drug-likeness (QED) is 0.414. The van der Waals surface area contributed by atoms with Crippen molar-refractivity contribution >= 4 is 35.5 Å². The van der Waals surface area contributed by atoms with Gasteiger partial charge in [-0.05, 0) is 17.9 Å². The molecular weight excluding hydrogens is 212 g/mol. The highest BCUT2D eigenvalue weighted by atomic mass is 32.2. The van der Waals surface area contributed by atoms with Crippen molar-refractivity contribution < 1.29 is 19.8 Å². The lowest BCUT2D eigenvalue weighted by Gasteiger charge is -2.13. The van der Waals surface area contributed by atoms with E-state index in [1.165, 1.54) is 23.5 Å². The van der Waals surface area contributed by atoms with E-state index in [0.717, 1.165) is 17.9 Å².